The molecule has 31 heavy (non-hydrogen) atoms. The minimum atomic E-state index is -0.391. The van der Waals surface area contributed by atoms with E-state index in [1.54, 1.807) is 6.20 Å². The van der Waals surface area contributed by atoms with E-state index in [-0.39, 0.29) is 29.3 Å². The van der Waals surface area contributed by atoms with Crippen molar-refractivity contribution in [3.05, 3.63) is 42.3 Å². The molecule has 2 aliphatic heterocycles. The largest absolute Gasteiger partial charge is 0.348 e. The lowest BCUT2D eigenvalue weighted by molar-refractivity contribution is -0.124. The van der Waals surface area contributed by atoms with Crippen molar-refractivity contribution in [1.29, 1.82) is 0 Å². The van der Waals surface area contributed by atoms with E-state index in [2.05, 4.69) is 31.6 Å². The van der Waals surface area contributed by atoms with E-state index < -0.39 is 6.04 Å². The Labute approximate surface area is 180 Å². The van der Waals surface area contributed by atoms with E-state index in [9.17, 15) is 9.59 Å². The second-order valence-electron chi connectivity index (χ2n) is 9.21. The number of fused-ring (bicyclic) bond motifs is 5. The van der Waals surface area contributed by atoms with E-state index in [4.69, 9.17) is 4.98 Å². The Morgan fingerprint density at radius 1 is 1.13 bits per heavy atom. The summed E-state index contributed by atoms with van der Waals surface area (Å²) < 4.78 is 2.15. The van der Waals surface area contributed by atoms with Crippen LogP contribution in [0.2, 0.25) is 0 Å². The van der Waals surface area contributed by atoms with Gasteiger partial charge in [0.05, 0.1) is 11.6 Å². The first-order valence-electron chi connectivity index (χ1n) is 11.2. The van der Waals surface area contributed by atoms with Crippen LogP contribution in [0.5, 0.6) is 0 Å². The van der Waals surface area contributed by atoms with E-state index in [1.165, 1.54) is 6.42 Å². The van der Waals surface area contributed by atoms with Gasteiger partial charge in [0.25, 0.3) is 5.91 Å². The van der Waals surface area contributed by atoms with Crippen LogP contribution in [0.15, 0.2) is 36.6 Å². The molecule has 8 heteroatoms. The van der Waals surface area contributed by atoms with Gasteiger partial charge >= 0.3 is 0 Å². The van der Waals surface area contributed by atoms with Crippen molar-refractivity contribution in [2.75, 3.05) is 11.9 Å². The normalized spacial score (nSPS) is 28.7. The number of piperidine rings is 1. The molecule has 4 heterocycles. The van der Waals surface area contributed by atoms with Crippen molar-refractivity contribution in [3.63, 3.8) is 0 Å². The summed E-state index contributed by atoms with van der Waals surface area (Å²) in [4.78, 5) is 34.5. The molecule has 8 nitrogen and oxygen atoms in total. The predicted molar refractivity (Wildman–Crippen MR) is 117 cm³/mol. The molecule has 2 fully saturated rings. The summed E-state index contributed by atoms with van der Waals surface area (Å²) >= 11 is 0. The van der Waals surface area contributed by atoms with E-state index >= 15 is 0 Å². The Hall–Kier alpha value is -3.16. The molecule has 2 aromatic heterocycles. The van der Waals surface area contributed by atoms with Crippen molar-refractivity contribution >= 4 is 28.8 Å². The Balaban J connectivity index is 1.35. The van der Waals surface area contributed by atoms with Gasteiger partial charge < -0.3 is 20.5 Å². The summed E-state index contributed by atoms with van der Waals surface area (Å²) in [5.74, 6) is 0.599. The fourth-order valence-corrected chi connectivity index (χ4v) is 5.69. The molecule has 3 atom stereocenters. The van der Waals surface area contributed by atoms with Crippen LogP contribution in [0.3, 0.4) is 0 Å². The Morgan fingerprint density at radius 2 is 1.97 bits per heavy atom. The van der Waals surface area contributed by atoms with Gasteiger partial charge in [-0.3, -0.25) is 9.59 Å². The number of hydrogen-bond donors (Lipinski definition) is 3. The van der Waals surface area contributed by atoms with Gasteiger partial charge in [0.15, 0.2) is 0 Å². The van der Waals surface area contributed by atoms with Crippen LogP contribution in [0, 0.1) is 5.92 Å². The van der Waals surface area contributed by atoms with Crippen molar-refractivity contribution in [3.8, 4) is 0 Å². The third-order valence-electron chi connectivity index (χ3n) is 7.30. The van der Waals surface area contributed by atoms with Crippen LogP contribution in [0.4, 0.5) is 5.95 Å². The number of nitrogens with one attached hydrogen (secondary N) is 3. The summed E-state index contributed by atoms with van der Waals surface area (Å²) in [5, 5.41) is 10.3. The third kappa shape index (κ3) is 2.96. The summed E-state index contributed by atoms with van der Waals surface area (Å²) in [6, 6.07) is 1.56. The minimum Gasteiger partial charge on any atom is -0.348 e. The highest BCUT2D eigenvalue weighted by molar-refractivity contribution is 5.99. The molecule has 6 rings (SSSR count). The number of aromatic nitrogens is 3. The molecule has 2 amide bonds. The second-order valence-corrected chi connectivity index (χ2v) is 9.21. The number of anilines is 1. The van der Waals surface area contributed by atoms with E-state index in [0.717, 1.165) is 36.7 Å². The molecule has 1 spiro atoms. The molecule has 1 saturated heterocycles. The summed E-state index contributed by atoms with van der Waals surface area (Å²) in [5.41, 5.74) is 1.31. The number of rotatable bonds is 2. The number of carbonyl (C=O) groups is 2. The molecular formula is C23H26N6O2. The van der Waals surface area contributed by atoms with Crippen LogP contribution >= 0.6 is 0 Å². The van der Waals surface area contributed by atoms with Gasteiger partial charge in [0.1, 0.15) is 17.4 Å². The topological polar surface area (TPSA) is 101 Å². The Morgan fingerprint density at radius 3 is 2.84 bits per heavy atom. The second kappa shape index (κ2) is 6.93. The van der Waals surface area contributed by atoms with Gasteiger partial charge in [-0.2, -0.15) is 4.98 Å². The summed E-state index contributed by atoms with van der Waals surface area (Å²) in [6.45, 7) is 0.642. The molecule has 0 radical (unpaired) electrons. The van der Waals surface area contributed by atoms with Crippen LogP contribution in [-0.4, -0.2) is 45.0 Å². The average molecular weight is 419 g/mol. The molecule has 2 aliphatic carbocycles. The lowest BCUT2D eigenvalue weighted by Gasteiger charge is -2.43. The summed E-state index contributed by atoms with van der Waals surface area (Å²) in [7, 11) is 0. The van der Waals surface area contributed by atoms with Crippen LogP contribution in [-0.2, 0) is 10.3 Å². The molecule has 2 aromatic rings. The van der Waals surface area contributed by atoms with Gasteiger partial charge in [-0.1, -0.05) is 43.6 Å². The maximum atomic E-state index is 12.6. The molecule has 160 valence electrons. The maximum Gasteiger partial charge on any atom is 0.268 e. The predicted octanol–water partition coefficient (Wildman–Crippen LogP) is 2.25. The average Bonchev–Trinajstić information content (AvgIpc) is 3.18. The van der Waals surface area contributed by atoms with E-state index in [1.807, 2.05) is 24.3 Å². The Kier molecular flexibility index (Phi) is 4.16. The first-order valence-corrected chi connectivity index (χ1v) is 11.2. The number of hydrogen-bond acceptors (Lipinski definition) is 5. The minimum absolute atomic E-state index is 0.0368. The van der Waals surface area contributed by atoms with Gasteiger partial charge in [0.2, 0.25) is 11.9 Å². The van der Waals surface area contributed by atoms with Gasteiger partial charge in [-0.15, -0.1) is 0 Å². The smallest absolute Gasteiger partial charge is 0.268 e. The number of amides is 2. The molecular weight excluding hydrogens is 392 g/mol. The molecule has 0 bridgehead atoms. The SMILES string of the molecule is O=C1NCC2(CCCCC2)n2c1cc1cnc(NC3CC4C=CC=CC4NC3=O)nc12. The maximum absolute atomic E-state index is 12.6. The van der Waals surface area contributed by atoms with Crippen LogP contribution in [0.25, 0.3) is 11.0 Å². The van der Waals surface area contributed by atoms with Gasteiger partial charge in [0, 0.05) is 24.0 Å². The van der Waals surface area contributed by atoms with Crippen molar-refractivity contribution < 1.29 is 9.59 Å². The quantitative estimate of drug-likeness (QED) is 0.695. The monoisotopic (exact) mass is 418 g/mol. The summed E-state index contributed by atoms with van der Waals surface area (Å²) in [6.07, 6.45) is 16.2. The fraction of sp³-hybridized carbons (Fsp3) is 0.478. The standard InChI is InChI=1S/C23H26N6O2/c30-20-17(10-14-6-2-3-7-16(14)26-20)27-22-24-12-15-11-18-21(31)25-13-23(8-4-1-5-9-23)29(18)19(15)28-22/h2-3,6-7,11-12,14,16-17H,1,4-5,8-10,13H2,(H,25,31)(H,26,30)(H,24,27,28). The highest BCUT2D eigenvalue weighted by Crippen LogP contribution is 2.40. The zero-order valence-electron chi connectivity index (χ0n) is 17.3. The number of carbonyl (C=O) groups excluding carboxylic acids is 2. The zero-order chi connectivity index (χ0) is 21.0. The van der Waals surface area contributed by atoms with Crippen molar-refractivity contribution in [2.45, 2.75) is 56.1 Å². The molecule has 3 N–H and O–H groups in total. The molecule has 4 aliphatic rings. The zero-order valence-corrected chi connectivity index (χ0v) is 17.3. The lowest BCUT2D eigenvalue weighted by atomic mass is 9.80. The lowest BCUT2D eigenvalue weighted by Crippen LogP contribution is -2.53. The molecule has 1 saturated carbocycles. The van der Waals surface area contributed by atoms with Crippen LogP contribution < -0.4 is 16.0 Å². The Bertz CT molecular complexity index is 1130. The van der Waals surface area contributed by atoms with Gasteiger partial charge in [-0.05, 0) is 25.3 Å². The molecule has 0 aromatic carbocycles. The number of nitrogens with zero attached hydrogens (tertiary/aromatic N) is 3. The number of allylic oxidation sites excluding steroid dienone is 2. The van der Waals surface area contributed by atoms with Crippen LogP contribution in [0.1, 0.15) is 49.0 Å². The third-order valence-corrected chi connectivity index (χ3v) is 7.30. The fourth-order valence-electron chi connectivity index (χ4n) is 5.69. The van der Waals surface area contributed by atoms with Crippen molar-refractivity contribution in [2.24, 2.45) is 5.92 Å². The highest BCUT2D eigenvalue weighted by Gasteiger charge is 2.42. The van der Waals surface area contributed by atoms with Crippen molar-refractivity contribution in [1.82, 2.24) is 25.2 Å². The van der Waals surface area contributed by atoms with Gasteiger partial charge in [-0.25, -0.2) is 4.98 Å². The molecule has 3 unspecified atom stereocenters. The first kappa shape index (κ1) is 18.6. The van der Waals surface area contributed by atoms with E-state index in [0.29, 0.717) is 24.6 Å². The first-order chi connectivity index (χ1) is 15.1. The highest BCUT2D eigenvalue weighted by atomic mass is 16.2.